The molecule has 8 nitrogen and oxygen atoms in total. The van der Waals surface area contributed by atoms with E-state index in [9.17, 15) is 4.79 Å². The lowest BCUT2D eigenvalue weighted by Crippen LogP contribution is -2.52. The number of carbonyl (C=O) groups is 1. The Labute approximate surface area is 139 Å². The zero-order chi connectivity index (χ0) is 16.6. The number of anilines is 1. The number of nitrogens with one attached hydrogen (secondary N) is 1. The lowest BCUT2D eigenvalue weighted by atomic mass is 10.3. The van der Waals surface area contributed by atoms with E-state index in [1.807, 2.05) is 23.6 Å². The summed E-state index contributed by atoms with van der Waals surface area (Å²) in [5.41, 5.74) is 2.73. The van der Waals surface area contributed by atoms with Crippen molar-refractivity contribution < 1.29 is 4.79 Å². The molecule has 0 atom stereocenters. The smallest absolute Gasteiger partial charge is 0.222 e. The zero-order valence-electron chi connectivity index (χ0n) is 13.4. The number of nitrogens with zero attached hydrogens (tertiary/aromatic N) is 6. The molecule has 1 aliphatic rings. The van der Waals surface area contributed by atoms with Crippen molar-refractivity contribution in [2.24, 2.45) is 7.05 Å². The van der Waals surface area contributed by atoms with Crippen LogP contribution in [0.2, 0.25) is 0 Å². The van der Waals surface area contributed by atoms with Crippen molar-refractivity contribution in [1.82, 2.24) is 30.0 Å². The van der Waals surface area contributed by atoms with Crippen molar-refractivity contribution >= 4 is 40.1 Å². The summed E-state index contributed by atoms with van der Waals surface area (Å²) in [5, 5.41) is 7.59. The van der Waals surface area contributed by atoms with E-state index in [-0.39, 0.29) is 5.91 Å². The van der Waals surface area contributed by atoms with Gasteiger partial charge >= 0.3 is 0 Å². The fraction of sp³-hybridized carbons (Fsp3) is 0.500. The van der Waals surface area contributed by atoms with Gasteiger partial charge in [-0.05, 0) is 19.1 Å². The molecule has 1 aliphatic heterocycles. The van der Waals surface area contributed by atoms with Crippen molar-refractivity contribution in [3.63, 3.8) is 0 Å². The number of aromatic nitrogens is 4. The van der Waals surface area contributed by atoms with Gasteiger partial charge in [-0.1, -0.05) is 0 Å². The van der Waals surface area contributed by atoms with Crippen LogP contribution in [0.15, 0.2) is 6.33 Å². The molecule has 2 aromatic heterocycles. The van der Waals surface area contributed by atoms with E-state index in [1.165, 1.54) is 6.92 Å². The van der Waals surface area contributed by atoms with E-state index < -0.39 is 0 Å². The first-order valence-corrected chi connectivity index (χ1v) is 7.84. The highest BCUT2D eigenvalue weighted by Gasteiger charge is 2.23. The highest BCUT2D eigenvalue weighted by molar-refractivity contribution is 7.80. The molecular weight excluding hydrogens is 314 g/mol. The molecule has 0 bridgehead atoms. The molecule has 0 aliphatic carbocycles. The first-order valence-electron chi connectivity index (χ1n) is 7.43. The number of carbonyl (C=O) groups excluding carboxylic acids is 1. The van der Waals surface area contributed by atoms with Gasteiger partial charge in [0.1, 0.15) is 17.4 Å². The zero-order valence-corrected chi connectivity index (χ0v) is 14.2. The number of rotatable bonds is 1. The standard InChI is InChI=1S/C14H19N7OS/c1-9-11-12(19(3)18-9)13(16-8-15-11)20-4-6-21(7-5-20)14(23)17-10(2)22/h8H,4-7H2,1-3H3,(H,17,22,23). The number of hydrogen-bond donors (Lipinski definition) is 1. The molecule has 1 saturated heterocycles. The van der Waals surface area contributed by atoms with Crippen molar-refractivity contribution in [3.05, 3.63) is 12.0 Å². The fourth-order valence-corrected chi connectivity index (χ4v) is 3.16. The van der Waals surface area contributed by atoms with Crippen LogP contribution >= 0.6 is 12.2 Å². The second-order valence-electron chi connectivity index (χ2n) is 5.56. The van der Waals surface area contributed by atoms with Crippen molar-refractivity contribution in [1.29, 1.82) is 0 Å². The quantitative estimate of drug-likeness (QED) is 0.748. The largest absolute Gasteiger partial charge is 0.351 e. The Balaban J connectivity index is 1.78. The van der Waals surface area contributed by atoms with Crippen LogP contribution in [0.5, 0.6) is 0 Å². The van der Waals surface area contributed by atoms with Crippen molar-refractivity contribution in [2.75, 3.05) is 31.1 Å². The summed E-state index contributed by atoms with van der Waals surface area (Å²) in [6.07, 6.45) is 1.58. The average Bonchev–Trinajstić information content (AvgIpc) is 2.82. The maximum Gasteiger partial charge on any atom is 0.222 e. The Morgan fingerprint density at radius 2 is 1.96 bits per heavy atom. The van der Waals surface area contributed by atoms with Gasteiger partial charge < -0.3 is 15.1 Å². The van der Waals surface area contributed by atoms with E-state index in [4.69, 9.17) is 12.2 Å². The van der Waals surface area contributed by atoms with Crippen molar-refractivity contribution in [2.45, 2.75) is 13.8 Å². The summed E-state index contributed by atoms with van der Waals surface area (Å²) in [6, 6.07) is 0. The Morgan fingerprint density at radius 3 is 2.61 bits per heavy atom. The Hall–Kier alpha value is -2.29. The number of fused-ring (bicyclic) bond motifs is 1. The van der Waals surface area contributed by atoms with Crippen LogP contribution < -0.4 is 10.2 Å². The number of thiocarbonyl (C=S) groups is 1. The summed E-state index contributed by atoms with van der Waals surface area (Å²) in [4.78, 5) is 24.1. The molecule has 2 aromatic rings. The third-order valence-corrected chi connectivity index (χ3v) is 4.28. The number of amides is 1. The number of aryl methyl sites for hydroxylation is 2. The Bertz CT molecular complexity index is 764. The number of piperazine rings is 1. The van der Waals surface area contributed by atoms with Crippen LogP contribution in [0.1, 0.15) is 12.6 Å². The molecule has 0 radical (unpaired) electrons. The topological polar surface area (TPSA) is 79.2 Å². The SMILES string of the molecule is CC(=O)NC(=S)N1CCN(c2ncnc3c(C)nn(C)c23)CC1. The van der Waals surface area contributed by atoms with Gasteiger partial charge in [0.05, 0.1) is 5.69 Å². The minimum absolute atomic E-state index is 0.139. The average molecular weight is 333 g/mol. The van der Waals surface area contributed by atoms with E-state index in [2.05, 4.69) is 25.3 Å². The Kier molecular flexibility index (Phi) is 4.12. The molecule has 0 saturated carbocycles. The van der Waals surface area contributed by atoms with E-state index in [0.29, 0.717) is 5.11 Å². The molecule has 9 heteroatoms. The highest BCUT2D eigenvalue weighted by atomic mass is 32.1. The monoisotopic (exact) mass is 333 g/mol. The van der Waals surface area contributed by atoms with Gasteiger partial charge in [-0.3, -0.25) is 9.48 Å². The highest BCUT2D eigenvalue weighted by Crippen LogP contribution is 2.25. The third-order valence-electron chi connectivity index (χ3n) is 3.92. The van der Waals surface area contributed by atoms with Gasteiger partial charge in [-0.25, -0.2) is 9.97 Å². The van der Waals surface area contributed by atoms with Crippen LogP contribution in [0.25, 0.3) is 11.0 Å². The minimum Gasteiger partial charge on any atom is -0.351 e. The van der Waals surface area contributed by atoms with E-state index >= 15 is 0 Å². The summed E-state index contributed by atoms with van der Waals surface area (Å²) in [5.74, 6) is 0.753. The van der Waals surface area contributed by atoms with Crippen molar-refractivity contribution in [3.8, 4) is 0 Å². The lowest BCUT2D eigenvalue weighted by molar-refractivity contribution is -0.117. The number of hydrogen-bond acceptors (Lipinski definition) is 6. The third kappa shape index (κ3) is 2.96. The lowest BCUT2D eigenvalue weighted by Gasteiger charge is -2.36. The fourth-order valence-electron chi connectivity index (χ4n) is 2.84. The van der Waals surface area contributed by atoms with E-state index in [1.54, 1.807) is 6.33 Å². The van der Waals surface area contributed by atoms with Gasteiger partial charge in [-0.2, -0.15) is 5.10 Å². The van der Waals surface area contributed by atoms with Crippen LogP contribution in [0, 0.1) is 6.92 Å². The predicted octanol–water partition coefficient (Wildman–Crippen LogP) is 0.215. The summed E-state index contributed by atoms with van der Waals surface area (Å²) < 4.78 is 1.83. The van der Waals surface area contributed by atoms with Gasteiger partial charge in [0.15, 0.2) is 10.9 Å². The molecule has 0 spiro atoms. The predicted molar refractivity (Wildman–Crippen MR) is 91.2 cm³/mol. The van der Waals surface area contributed by atoms with E-state index in [0.717, 1.165) is 48.7 Å². The molecule has 1 N–H and O–H groups in total. The van der Waals surface area contributed by atoms with Gasteiger partial charge in [0, 0.05) is 40.2 Å². The first-order chi connectivity index (χ1) is 11.0. The molecule has 3 rings (SSSR count). The summed E-state index contributed by atoms with van der Waals surface area (Å²) >= 11 is 5.24. The normalized spacial score (nSPS) is 15.1. The van der Waals surface area contributed by atoms with Crippen LogP contribution in [-0.2, 0) is 11.8 Å². The first kappa shape index (κ1) is 15.6. The Morgan fingerprint density at radius 1 is 1.26 bits per heavy atom. The van der Waals surface area contributed by atoms with Gasteiger partial charge in [0.2, 0.25) is 5.91 Å². The molecule has 1 fully saturated rings. The molecule has 23 heavy (non-hydrogen) atoms. The molecule has 0 aromatic carbocycles. The molecule has 3 heterocycles. The molecular formula is C14H19N7OS. The maximum absolute atomic E-state index is 11.1. The van der Waals surface area contributed by atoms with Gasteiger partial charge in [-0.15, -0.1) is 0 Å². The molecule has 1 amide bonds. The second-order valence-corrected chi connectivity index (χ2v) is 5.95. The van der Waals surface area contributed by atoms with Crippen LogP contribution in [0.4, 0.5) is 5.82 Å². The maximum atomic E-state index is 11.1. The summed E-state index contributed by atoms with van der Waals surface area (Å²) in [6.45, 7) is 6.43. The minimum atomic E-state index is -0.139. The summed E-state index contributed by atoms with van der Waals surface area (Å²) in [7, 11) is 1.91. The van der Waals surface area contributed by atoms with Gasteiger partial charge in [0.25, 0.3) is 0 Å². The van der Waals surface area contributed by atoms with Crippen LogP contribution in [0.3, 0.4) is 0 Å². The molecule has 122 valence electrons. The second kappa shape index (κ2) is 6.07. The molecule has 0 unspecified atom stereocenters. The van der Waals surface area contributed by atoms with Crippen LogP contribution in [-0.4, -0.2) is 61.8 Å².